The molecule has 15 heavy (non-hydrogen) atoms. The van der Waals surface area contributed by atoms with E-state index in [2.05, 4.69) is 21.0 Å². The first-order chi connectivity index (χ1) is 7.11. The van der Waals surface area contributed by atoms with Crippen LogP contribution in [0.5, 0.6) is 0 Å². The van der Waals surface area contributed by atoms with Crippen LogP contribution in [-0.4, -0.2) is 26.8 Å². The van der Waals surface area contributed by atoms with Crippen molar-refractivity contribution in [1.29, 1.82) is 0 Å². The second-order valence-corrected chi connectivity index (χ2v) is 4.21. The third-order valence-corrected chi connectivity index (χ3v) is 2.73. The number of Topliss-reactive ketones (excluding diaryl/α,β-unsaturated/α-hetero) is 1. The van der Waals surface area contributed by atoms with Crippen LogP contribution in [0.3, 0.4) is 0 Å². The highest BCUT2D eigenvalue weighted by Crippen LogP contribution is 2.18. The fraction of sp³-hybridized carbons (Fsp3) is 0.600. The number of halogens is 1. The summed E-state index contributed by atoms with van der Waals surface area (Å²) in [6.45, 7) is 4.47. The van der Waals surface area contributed by atoms with Crippen molar-refractivity contribution in [3.8, 4) is 0 Å². The van der Waals surface area contributed by atoms with Crippen molar-refractivity contribution >= 4 is 21.7 Å². The number of ketones is 1. The van der Waals surface area contributed by atoms with Gasteiger partial charge in [0, 0.05) is 6.54 Å². The van der Waals surface area contributed by atoms with Crippen LogP contribution in [0.2, 0.25) is 0 Å². The van der Waals surface area contributed by atoms with Crippen LogP contribution in [-0.2, 0) is 6.54 Å². The van der Waals surface area contributed by atoms with Gasteiger partial charge in [-0.15, -0.1) is 0 Å². The molecule has 0 saturated carbocycles. The van der Waals surface area contributed by atoms with E-state index in [-0.39, 0.29) is 5.78 Å². The van der Waals surface area contributed by atoms with Crippen LogP contribution in [0.15, 0.2) is 10.7 Å². The maximum absolute atomic E-state index is 11.8. The van der Waals surface area contributed by atoms with Crippen LogP contribution in [0.1, 0.15) is 37.2 Å². The Morgan fingerprint density at radius 3 is 2.87 bits per heavy atom. The number of aromatic nitrogens is 2. The molecular weight excluding hydrogens is 260 g/mol. The molecule has 84 valence electrons. The molecule has 0 fully saturated rings. The first-order valence-corrected chi connectivity index (χ1v) is 5.84. The van der Waals surface area contributed by atoms with Crippen molar-refractivity contribution < 1.29 is 9.90 Å². The van der Waals surface area contributed by atoms with Crippen molar-refractivity contribution in [1.82, 2.24) is 9.78 Å². The lowest BCUT2D eigenvalue weighted by atomic mass is 10.1. The van der Waals surface area contributed by atoms with E-state index in [0.29, 0.717) is 23.1 Å². The van der Waals surface area contributed by atoms with Gasteiger partial charge in [0.25, 0.3) is 0 Å². The molecule has 1 aromatic rings. The van der Waals surface area contributed by atoms with Crippen LogP contribution in [0.4, 0.5) is 0 Å². The minimum Gasteiger partial charge on any atom is -0.385 e. The van der Waals surface area contributed by atoms with E-state index in [4.69, 9.17) is 0 Å². The van der Waals surface area contributed by atoms with Gasteiger partial charge in [0.2, 0.25) is 5.78 Å². The lowest BCUT2D eigenvalue weighted by Crippen LogP contribution is -2.23. The van der Waals surface area contributed by atoms with Crippen molar-refractivity contribution in [3.05, 3.63) is 16.4 Å². The Bertz CT molecular complexity index is 349. The van der Waals surface area contributed by atoms with Gasteiger partial charge < -0.3 is 5.11 Å². The van der Waals surface area contributed by atoms with Crippen LogP contribution in [0.25, 0.3) is 0 Å². The van der Waals surface area contributed by atoms with Gasteiger partial charge in [-0.1, -0.05) is 13.8 Å². The number of hydrogen-bond donors (Lipinski definition) is 1. The monoisotopic (exact) mass is 274 g/mol. The molecule has 5 heteroatoms. The summed E-state index contributed by atoms with van der Waals surface area (Å²) in [7, 11) is 0. The van der Waals surface area contributed by atoms with E-state index >= 15 is 0 Å². The fourth-order valence-corrected chi connectivity index (χ4v) is 1.82. The molecule has 0 spiro atoms. The number of aryl methyl sites for hydroxylation is 1. The van der Waals surface area contributed by atoms with Gasteiger partial charge >= 0.3 is 0 Å². The summed E-state index contributed by atoms with van der Waals surface area (Å²) >= 11 is 3.27. The largest absolute Gasteiger partial charge is 0.385 e. The van der Waals surface area contributed by atoms with Gasteiger partial charge in [0.1, 0.15) is 11.8 Å². The third-order valence-electron chi connectivity index (χ3n) is 2.15. The Hall–Kier alpha value is -0.680. The van der Waals surface area contributed by atoms with E-state index in [1.165, 1.54) is 0 Å². The number of nitrogens with zero attached hydrogens (tertiary/aromatic N) is 2. The summed E-state index contributed by atoms with van der Waals surface area (Å²) in [6.07, 6.45) is 1.97. The summed E-state index contributed by atoms with van der Waals surface area (Å²) in [5.74, 6) is -0.268. The average Bonchev–Trinajstić information content (AvgIpc) is 2.58. The maximum atomic E-state index is 11.8. The first-order valence-electron chi connectivity index (χ1n) is 5.05. The first kappa shape index (κ1) is 12.4. The zero-order chi connectivity index (χ0) is 11.4. The predicted molar refractivity (Wildman–Crippen MR) is 60.8 cm³/mol. The normalized spacial score (nSPS) is 12.8. The fourth-order valence-electron chi connectivity index (χ4n) is 1.33. The molecule has 4 nitrogen and oxygen atoms in total. The molecule has 0 aliphatic carbocycles. The van der Waals surface area contributed by atoms with Gasteiger partial charge in [-0.05, 0) is 28.8 Å². The molecule has 0 amide bonds. The number of carbonyl (C=O) groups is 1. The molecule has 0 aliphatic rings. The molecule has 0 aliphatic heterocycles. The van der Waals surface area contributed by atoms with Gasteiger partial charge in [-0.2, -0.15) is 5.10 Å². The zero-order valence-corrected chi connectivity index (χ0v) is 10.5. The van der Waals surface area contributed by atoms with E-state index < -0.39 is 6.10 Å². The summed E-state index contributed by atoms with van der Waals surface area (Å²) in [5, 5.41) is 13.6. The Balaban J connectivity index is 3.00. The number of aliphatic hydroxyl groups excluding tert-OH is 1. The van der Waals surface area contributed by atoms with E-state index in [9.17, 15) is 9.90 Å². The standard InChI is InChI=1S/C10H15BrN2O2/c1-3-5-13-9(7(11)6-12-13)10(15)8(14)4-2/h6,8,14H,3-5H2,1-2H3. The Labute approximate surface area is 97.4 Å². The van der Waals surface area contributed by atoms with E-state index in [1.807, 2.05) is 6.92 Å². The van der Waals surface area contributed by atoms with Gasteiger partial charge in [-0.3, -0.25) is 9.48 Å². The lowest BCUT2D eigenvalue weighted by molar-refractivity contribution is 0.0728. The Kier molecular flexibility index (Phi) is 4.47. The van der Waals surface area contributed by atoms with E-state index in [1.54, 1.807) is 17.8 Å². The van der Waals surface area contributed by atoms with Crippen LogP contribution in [0, 0.1) is 0 Å². The van der Waals surface area contributed by atoms with Crippen molar-refractivity contribution in [3.63, 3.8) is 0 Å². The molecule has 1 atom stereocenters. The van der Waals surface area contributed by atoms with Crippen molar-refractivity contribution in [2.45, 2.75) is 39.3 Å². The maximum Gasteiger partial charge on any atom is 0.210 e. The SMILES string of the molecule is CCCn1ncc(Br)c1C(=O)C(O)CC. The number of hydrogen-bond acceptors (Lipinski definition) is 3. The summed E-state index contributed by atoms with van der Waals surface area (Å²) in [4.78, 5) is 11.8. The zero-order valence-electron chi connectivity index (χ0n) is 8.90. The molecular formula is C10H15BrN2O2. The number of carbonyl (C=O) groups excluding carboxylic acids is 1. The number of aliphatic hydroxyl groups is 1. The smallest absolute Gasteiger partial charge is 0.210 e. The van der Waals surface area contributed by atoms with Crippen molar-refractivity contribution in [2.24, 2.45) is 0 Å². The Morgan fingerprint density at radius 1 is 1.67 bits per heavy atom. The summed E-state index contributed by atoms with van der Waals surface area (Å²) in [5.41, 5.74) is 0.464. The number of rotatable bonds is 5. The minimum atomic E-state index is -0.936. The van der Waals surface area contributed by atoms with Crippen molar-refractivity contribution in [2.75, 3.05) is 0 Å². The molecule has 1 aromatic heterocycles. The molecule has 1 rings (SSSR count). The summed E-state index contributed by atoms with van der Waals surface area (Å²) < 4.78 is 2.28. The van der Waals surface area contributed by atoms with Crippen LogP contribution < -0.4 is 0 Å². The molecule has 0 bridgehead atoms. The molecule has 1 unspecified atom stereocenters. The van der Waals surface area contributed by atoms with Gasteiger partial charge in [0.15, 0.2) is 0 Å². The topological polar surface area (TPSA) is 55.1 Å². The molecule has 1 N–H and O–H groups in total. The lowest BCUT2D eigenvalue weighted by Gasteiger charge is -2.09. The second kappa shape index (κ2) is 5.42. The quantitative estimate of drug-likeness (QED) is 0.836. The summed E-state index contributed by atoms with van der Waals surface area (Å²) in [6, 6.07) is 0. The molecule has 1 heterocycles. The highest BCUT2D eigenvalue weighted by molar-refractivity contribution is 9.10. The van der Waals surface area contributed by atoms with E-state index in [0.717, 1.165) is 6.42 Å². The molecule has 0 aromatic carbocycles. The van der Waals surface area contributed by atoms with Crippen LogP contribution >= 0.6 is 15.9 Å². The van der Waals surface area contributed by atoms with Gasteiger partial charge in [0.05, 0.1) is 10.7 Å². The molecule has 0 saturated heterocycles. The Morgan fingerprint density at radius 2 is 2.33 bits per heavy atom. The second-order valence-electron chi connectivity index (χ2n) is 3.35. The molecule has 0 radical (unpaired) electrons. The highest BCUT2D eigenvalue weighted by atomic mass is 79.9. The highest BCUT2D eigenvalue weighted by Gasteiger charge is 2.22. The minimum absolute atomic E-state index is 0.268. The van der Waals surface area contributed by atoms with Gasteiger partial charge in [-0.25, -0.2) is 0 Å². The third kappa shape index (κ3) is 2.66. The predicted octanol–water partition coefficient (Wildman–Crippen LogP) is 2.01. The average molecular weight is 275 g/mol.